The molecule has 0 unspecified atom stereocenters. The largest absolute Gasteiger partial charge is 0.226 e. The molecule has 0 atom stereocenters. The lowest BCUT2D eigenvalue weighted by molar-refractivity contribution is 0.959. The van der Waals surface area contributed by atoms with Crippen LogP contribution < -0.4 is 32.1 Å². The van der Waals surface area contributed by atoms with E-state index < -0.39 is 0 Å². The molecule has 12 heteroatoms. The summed E-state index contributed by atoms with van der Waals surface area (Å²) < 4.78 is 0. The van der Waals surface area contributed by atoms with Crippen molar-refractivity contribution in [3.63, 3.8) is 0 Å². The molecule has 12 nitrogen and oxygen atoms in total. The second kappa shape index (κ2) is 9.72. The molecular weight excluding hydrogens is 528 g/mol. The van der Waals surface area contributed by atoms with Crippen LogP contribution in [0.1, 0.15) is 17.5 Å². The minimum absolute atomic E-state index is 0.0761. The first-order valence-corrected chi connectivity index (χ1v) is 12.4. The minimum Gasteiger partial charge on any atom is -0.226 e. The van der Waals surface area contributed by atoms with Gasteiger partial charge in [0.25, 0.3) is 0 Å². The maximum absolute atomic E-state index is 10.2. The van der Waals surface area contributed by atoms with Gasteiger partial charge in [0.05, 0.1) is 32.1 Å². The van der Waals surface area contributed by atoms with E-state index >= 15 is 0 Å². The Kier molecular flexibility index (Phi) is 5.61. The molecule has 0 radical (unpaired) electrons. The van der Waals surface area contributed by atoms with E-state index in [1.54, 1.807) is 36.4 Å². The topological polar surface area (TPSA) is 184 Å². The number of benzene rings is 3. The van der Waals surface area contributed by atoms with E-state index in [4.69, 9.17) is 0 Å². The number of para-hydroxylation sites is 6. The van der Waals surface area contributed by atoms with Crippen molar-refractivity contribution < 1.29 is 0 Å². The smallest absolute Gasteiger partial charge is 0.178 e. The molecule has 0 bridgehead atoms. The first-order chi connectivity index (χ1) is 20.6. The van der Waals surface area contributed by atoms with Gasteiger partial charge in [-0.15, -0.1) is 0 Å². The van der Waals surface area contributed by atoms with E-state index in [1.807, 2.05) is 36.4 Å². The van der Waals surface area contributed by atoms with Gasteiger partial charge in [0.1, 0.15) is 34.9 Å². The quantitative estimate of drug-likeness (QED) is 0.337. The average Bonchev–Trinajstić information content (AvgIpc) is 3.75. The van der Waals surface area contributed by atoms with Gasteiger partial charge in [-0.3, -0.25) is 0 Å². The second-order valence-electron chi connectivity index (χ2n) is 8.87. The molecule has 3 aliphatic heterocycles. The van der Waals surface area contributed by atoms with Crippen LogP contribution >= 0.6 is 0 Å². The van der Waals surface area contributed by atoms with Gasteiger partial charge in [-0.25, -0.2) is 44.9 Å². The molecule has 0 amide bonds. The molecule has 192 valence electrons. The Morgan fingerprint density at radius 1 is 0.381 bits per heavy atom. The fourth-order valence-electron chi connectivity index (χ4n) is 4.37. The van der Waals surface area contributed by atoms with Gasteiger partial charge >= 0.3 is 0 Å². The Morgan fingerprint density at radius 3 is 0.786 bits per heavy atom. The molecule has 3 aromatic carbocycles. The number of hydrogen-bond donors (Lipinski definition) is 0. The van der Waals surface area contributed by atoms with E-state index in [9.17, 15) is 15.8 Å². The highest BCUT2D eigenvalue weighted by molar-refractivity contribution is 5.82. The van der Waals surface area contributed by atoms with E-state index in [0.29, 0.717) is 32.1 Å². The van der Waals surface area contributed by atoms with Crippen molar-refractivity contribution in [3.8, 4) is 18.2 Å². The molecule has 1 aromatic heterocycles. The maximum Gasteiger partial charge on any atom is 0.178 e. The van der Waals surface area contributed by atoms with Crippen molar-refractivity contribution in [1.29, 1.82) is 15.8 Å². The molecule has 0 spiro atoms. The van der Waals surface area contributed by atoms with Crippen LogP contribution in [-0.2, 0) is 0 Å². The Hall–Kier alpha value is -6.84. The van der Waals surface area contributed by atoms with Gasteiger partial charge in [-0.05, 0) is 36.4 Å². The summed E-state index contributed by atoms with van der Waals surface area (Å²) in [6, 6.07) is 27.7. The van der Waals surface area contributed by atoms with E-state index in [2.05, 4.69) is 63.1 Å². The fraction of sp³-hybridized carbons (Fsp3) is 0. The third-order valence-electron chi connectivity index (χ3n) is 6.32. The van der Waals surface area contributed by atoms with Crippen molar-refractivity contribution in [2.75, 3.05) is 0 Å². The number of aromatic nitrogens is 3. The summed E-state index contributed by atoms with van der Waals surface area (Å²) >= 11 is 0. The Labute approximate surface area is 235 Å². The highest BCUT2D eigenvalue weighted by Crippen LogP contribution is 2.25. The Bertz CT molecular complexity index is 2100. The number of fused-ring (bicyclic) bond motifs is 3. The highest BCUT2D eigenvalue weighted by Gasteiger charge is 2.24. The number of nitrogens with zero attached hydrogens (tertiary/aromatic N) is 12. The summed E-state index contributed by atoms with van der Waals surface area (Å²) in [6.07, 6.45) is 0. The van der Waals surface area contributed by atoms with Gasteiger partial charge in [-0.2, -0.15) is 15.8 Å². The molecule has 0 N–H and O–H groups in total. The summed E-state index contributed by atoms with van der Waals surface area (Å²) in [4.78, 5) is 40.1. The van der Waals surface area contributed by atoms with Crippen molar-refractivity contribution in [2.45, 2.75) is 0 Å². The van der Waals surface area contributed by atoms with Crippen molar-refractivity contribution in [2.24, 2.45) is 30.0 Å². The number of allylic oxidation sites excluding steroid dienone is 3. The van der Waals surface area contributed by atoms with Gasteiger partial charge in [0, 0.05) is 0 Å². The molecule has 7 rings (SSSR count). The molecule has 3 aliphatic rings. The lowest BCUT2D eigenvalue weighted by atomic mass is 10.2. The van der Waals surface area contributed by atoms with E-state index in [0.717, 1.165) is 0 Å². The van der Waals surface area contributed by atoms with Crippen LogP contribution in [0.2, 0.25) is 0 Å². The number of rotatable bonds is 3. The zero-order valence-electron chi connectivity index (χ0n) is 21.3. The summed E-state index contributed by atoms with van der Waals surface area (Å²) in [7, 11) is 0. The zero-order valence-corrected chi connectivity index (χ0v) is 21.3. The third kappa shape index (κ3) is 4.04. The normalized spacial score (nSPS) is 13.2. The van der Waals surface area contributed by atoms with Crippen LogP contribution in [0.25, 0.3) is 16.7 Å². The van der Waals surface area contributed by atoms with Crippen molar-refractivity contribution in [1.82, 2.24) is 15.0 Å². The van der Waals surface area contributed by atoms with E-state index in [-0.39, 0.29) is 51.7 Å². The Balaban J connectivity index is 1.50. The molecule has 0 saturated heterocycles. The van der Waals surface area contributed by atoms with Gasteiger partial charge < -0.3 is 0 Å². The number of hydrogen-bond acceptors (Lipinski definition) is 12. The summed E-state index contributed by atoms with van der Waals surface area (Å²) in [5, 5.41) is 34.1. The van der Waals surface area contributed by atoms with E-state index in [1.165, 1.54) is 0 Å². The third-order valence-corrected chi connectivity index (χ3v) is 6.32. The first kappa shape index (κ1) is 24.2. The molecule has 42 heavy (non-hydrogen) atoms. The monoisotopic (exact) mass is 540 g/mol. The fourth-order valence-corrected chi connectivity index (χ4v) is 4.37. The minimum atomic E-state index is -0.138. The highest BCUT2D eigenvalue weighted by atomic mass is 15.1. The van der Waals surface area contributed by atoms with Crippen molar-refractivity contribution >= 4 is 16.7 Å². The molecule has 0 fully saturated rings. The predicted octanol–water partition coefficient (Wildman–Crippen LogP) is 0.307. The van der Waals surface area contributed by atoms with Crippen LogP contribution in [0.4, 0.5) is 0 Å². The lowest BCUT2D eigenvalue weighted by Crippen LogP contribution is -2.19. The van der Waals surface area contributed by atoms with Crippen LogP contribution in [0.5, 0.6) is 0 Å². The summed E-state index contributed by atoms with van der Waals surface area (Å²) in [5.74, 6) is -0.153. The first-order valence-electron chi connectivity index (χ1n) is 12.4. The summed E-state index contributed by atoms with van der Waals surface area (Å²) in [6.45, 7) is 0. The van der Waals surface area contributed by atoms with Crippen LogP contribution in [-0.4, -0.2) is 15.0 Å². The van der Waals surface area contributed by atoms with Gasteiger partial charge in [-0.1, -0.05) is 36.4 Å². The summed E-state index contributed by atoms with van der Waals surface area (Å²) in [5.41, 5.74) is -0.228. The molecule has 4 aromatic rings. The Morgan fingerprint density at radius 2 is 0.595 bits per heavy atom. The maximum atomic E-state index is 10.2. The molecule has 0 saturated carbocycles. The van der Waals surface area contributed by atoms with Crippen LogP contribution in [0.15, 0.2) is 120 Å². The second-order valence-corrected chi connectivity index (χ2v) is 8.87. The van der Waals surface area contributed by atoms with Gasteiger partial charge in [0.2, 0.25) is 0 Å². The zero-order chi connectivity index (χ0) is 28.6. The lowest BCUT2D eigenvalue weighted by Gasteiger charge is -2.07. The average molecular weight is 541 g/mol. The van der Waals surface area contributed by atoms with Gasteiger partial charge in [0.15, 0.2) is 34.9 Å². The number of nitriles is 3. The standard InChI is InChI=1S/C30H12N12/c31-13-16(25-34-19-7-1-2-8-20(19)35-25)28-40-29(17(14-32)26-36-21-9-3-4-10-22(21)37-26)42-30(41-28)18(15-33)27-38-23-11-5-6-12-24(23)39-27/h1-12H. The molecule has 0 aliphatic carbocycles. The molecular formula is C30H12N12. The van der Waals surface area contributed by atoms with Crippen LogP contribution in [0, 0.1) is 34.0 Å². The van der Waals surface area contributed by atoms with Crippen molar-refractivity contribution in [3.05, 3.63) is 140 Å². The molecule has 4 heterocycles. The SMILES string of the molecule is N#CC(=C1N=c2ccccc2=N1)c1nc(C(C#N)=C2N=c3ccccc3=N2)nc(C(C#N)=C2N=c3ccccc3=N2)n1. The van der Waals surface area contributed by atoms with Crippen LogP contribution in [0.3, 0.4) is 0 Å². The predicted molar refractivity (Wildman–Crippen MR) is 144 cm³/mol.